The van der Waals surface area contributed by atoms with Crippen molar-refractivity contribution in [3.8, 4) is 11.8 Å². The third kappa shape index (κ3) is 4.73. The monoisotopic (exact) mass is 283 g/mol. The fraction of sp³-hybridized carbons (Fsp3) is 0.417. The summed E-state index contributed by atoms with van der Waals surface area (Å²) in [5.74, 6) is 0.390. The molecule has 0 spiro atoms. The molecule has 6 nitrogen and oxygen atoms in total. The van der Waals surface area contributed by atoms with Crippen molar-refractivity contribution in [2.24, 2.45) is 0 Å². The van der Waals surface area contributed by atoms with Crippen molar-refractivity contribution in [1.82, 2.24) is 5.32 Å². The predicted molar refractivity (Wildman–Crippen MR) is 71.3 cm³/mol. The molecule has 0 fully saturated rings. The highest BCUT2D eigenvalue weighted by atomic mass is 35.5. The number of nitriles is 1. The van der Waals surface area contributed by atoms with Gasteiger partial charge in [0.25, 0.3) is 5.69 Å². The third-order valence-electron chi connectivity index (χ3n) is 2.22. The van der Waals surface area contributed by atoms with E-state index in [1.54, 1.807) is 0 Å². The fourth-order valence-electron chi connectivity index (χ4n) is 1.43. The first-order chi connectivity index (χ1) is 8.93. The quantitative estimate of drug-likeness (QED) is 0.640. The molecule has 0 aromatic heterocycles. The zero-order valence-electron chi connectivity index (χ0n) is 10.6. The molecule has 0 heterocycles. The number of hydrogen-bond donors (Lipinski definition) is 1. The minimum atomic E-state index is -0.565. The van der Waals surface area contributed by atoms with E-state index < -0.39 is 11.0 Å². The lowest BCUT2D eigenvalue weighted by molar-refractivity contribution is -0.384. The summed E-state index contributed by atoms with van der Waals surface area (Å²) in [4.78, 5) is 10.0. The molecule has 7 heteroatoms. The fourth-order valence-corrected chi connectivity index (χ4v) is 1.67. The molecule has 1 aromatic rings. The summed E-state index contributed by atoms with van der Waals surface area (Å²) in [6.07, 6.45) is 0. The van der Waals surface area contributed by atoms with Gasteiger partial charge in [0.2, 0.25) is 0 Å². The first-order valence-corrected chi connectivity index (χ1v) is 6.04. The van der Waals surface area contributed by atoms with E-state index in [0.717, 1.165) is 0 Å². The molecule has 19 heavy (non-hydrogen) atoms. The Kier molecular flexibility index (Phi) is 5.55. The Morgan fingerprint density at radius 2 is 2.26 bits per heavy atom. The highest BCUT2D eigenvalue weighted by Crippen LogP contribution is 2.28. The van der Waals surface area contributed by atoms with Gasteiger partial charge in [0.15, 0.2) is 0 Å². The maximum atomic E-state index is 10.6. The molecule has 0 amide bonds. The highest BCUT2D eigenvalue weighted by molar-refractivity contribution is 6.32. The normalized spacial score (nSPS) is 11.9. The standard InChI is InChI=1S/C12H14ClN3O3/c1-8(2)15-9(6-14)7-19-10-3-4-12(16(17)18)11(13)5-10/h3-5,8-9,15H,7H2,1-2H3. The van der Waals surface area contributed by atoms with Gasteiger partial charge in [0, 0.05) is 18.2 Å². The average Bonchev–Trinajstić information content (AvgIpc) is 2.33. The summed E-state index contributed by atoms with van der Waals surface area (Å²) in [5.41, 5.74) is -0.175. The van der Waals surface area contributed by atoms with E-state index in [1.807, 2.05) is 13.8 Å². The van der Waals surface area contributed by atoms with Crippen molar-refractivity contribution in [3.63, 3.8) is 0 Å². The van der Waals surface area contributed by atoms with E-state index in [-0.39, 0.29) is 23.4 Å². The second kappa shape index (κ2) is 6.92. The molecule has 0 aliphatic rings. The predicted octanol–water partition coefficient (Wildman–Crippen LogP) is 2.52. The maximum Gasteiger partial charge on any atom is 0.288 e. The van der Waals surface area contributed by atoms with Gasteiger partial charge in [-0.1, -0.05) is 11.6 Å². The van der Waals surface area contributed by atoms with Crippen LogP contribution in [0.1, 0.15) is 13.8 Å². The van der Waals surface area contributed by atoms with E-state index in [0.29, 0.717) is 5.75 Å². The molecule has 0 aliphatic heterocycles. The molecule has 102 valence electrons. The molecular weight excluding hydrogens is 270 g/mol. The van der Waals surface area contributed by atoms with Crippen molar-refractivity contribution >= 4 is 17.3 Å². The molecule has 0 aliphatic carbocycles. The van der Waals surface area contributed by atoms with Gasteiger partial charge in [-0.05, 0) is 19.9 Å². The van der Waals surface area contributed by atoms with Crippen LogP contribution in [-0.2, 0) is 0 Å². The van der Waals surface area contributed by atoms with E-state index in [4.69, 9.17) is 21.6 Å². The smallest absolute Gasteiger partial charge is 0.288 e. The largest absolute Gasteiger partial charge is 0.491 e. The van der Waals surface area contributed by atoms with Crippen LogP contribution >= 0.6 is 11.6 Å². The van der Waals surface area contributed by atoms with Gasteiger partial charge in [0.1, 0.15) is 23.4 Å². The molecule has 1 aromatic carbocycles. The molecule has 0 saturated carbocycles. The lowest BCUT2D eigenvalue weighted by atomic mass is 10.3. The van der Waals surface area contributed by atoms with E-state index in [9.17, 15) is 10.1 Å². The minimum Gasteiger partial charge on any atom is -0.491 e. The average molecular weight is 284 g/mol. The number of nitro benzene ring substituents is 1. The Morgan fingerprint density at radius 3 is 2.74 bits per heavy atom. The van der Waals surface area contributed by atoms with Crippen molar-refractivity contribution in [3.05, 3.63) is 33.3 Å². The zero-order chi connectivity index (χ0) is 14.4. The van der Waals surface area contributed by atoms with Crippen LogP contribution in [0.2, 0.25) is 5.02 Å². The summed E-state index contributed by atoms with van der Waals surface area (Å²) >= 11 is 5.76. The van der Waals surface area contributed by atoms with Crippen LogP contribution in [0.3, 0.4) is 0 Å². The topological polar surface area (TPSA) is 88.2 Å². The Labute approximate surface area is 116 Å². The Balaban J connectivity index is 2.66. The number of benzene rings is 1. The molecular formula is C12H14ClN3O3. The number of nitrogens with one attached hydrogen (secondary N) is 1. The van der Waals surface area contributed by atoms with Gasteiger partial charge in [0.05, 0.1) is 11.0 Å². The summed E-state index contributed by atoms with van der Waals surface area (Å²) in [6.45, 7) is 3.99. The van der Waals surface area contributed by atoms with Gasteiger partial charge in [-0.15, -0.1) is 0 Å². The number of halogens is 1. The van der Waals surface area contributed by atoms with E-state index in [2.05, 4.69) is 11.4 Å². The van der Waals surface area contributed by atoms with Gasteiger partial charge >= 0.3 is 0 Å². The van der Waals surface area contributed by atoms with Crippen LogP contribution in [-0.4, -0.2) is 23.6 Å². The van der Waals surface area contributed by atoms with Crippen LogP contribution in [0.4, 0.5) is 5.69 Å². The number of ether oxygens (including phenoxy) is 1. The van der Waals surface area contributed by atoms with E-state index >= 15 is 0 Å². The first-order valence-electron chi connectivity index (χ1n) is 5.66. The van der Waals surface area contributed by atoms with Gasteiger partial charge in [-0.3, -0.25) is 15.4 Å². The number of rotatable bonds is 6. The van der Waals surface area contributed by atoms with Crippen LogP contribution < -0.4 is 10.1 Å². The van der Waals surface area contributed by atoms with Crippen LogP contribution in [0.5, 0.6) is 5.75 Å². The molecule has 1 N–H and O–H groups in total. The number of nitro groups is 1. The number of hydrogen-bond acceptors (Lipinski definition) is 5. The summed E-state index contributed by atoms with van der Waals surface area (Å²) in [7, 11) is 0. The molecule has 0 bridgehead atoms. The first kappa shape index (κ1) is 15.2. The third-order valence-corrected chi connectivity index (χ3v) is 2.53. The second-order valence-corrected chi connectivity index (χ2v) is 4.59. The van der Waals surface area contributed by atoms with Crippen molar-refractivity contribution in [2.75, 3.05) is 6.61 Å². The van der Waals surface area contributed by atoms with Gasteiger partial charge in [-0.2, -0.15) is 5.26 Å². The van der Waals surface area contributed by atoms with Crippen LogP contribution in [0, 0.1) is 21.4 Å². The van der Waals surface area contributed by atoms with Crippen molar-refractivity contribution in [2.45, 2.75) is 25.9 Å². The molecule has 1 atom stereocenters. The summed E-state index contributed by atoms with van der Waals surface area (Å²) < 4.78 is 5.38. The lowest BCUT2D eigenvalue weighted by Crippen LogP contribution is -2.37. The number of nitrogens with zero attached hydrogens (tertiary/aromatic N) is 2. The second-order valence-electron chi connectivity index (χ2n) is 4.18. The van der Waals surface area contributed by atoms with E-state index in [1.165, 1.54) is 18.2 Å². The van der Waals surface area contributed by atoms with Crippen LogP contribution in [0.15, 0.2) is 18.2 Å². The van der Waals surface area contributed by atoms with Crippen LogP contribution in [0.25, 0.3) is 0 Å². The molecule has 0 radical (unpaired) electrons. The highest BCUT2D eigenvalue weighted by Gasteiger charge is 2.14. The molecule has 1 rings (SSSR count). The Hall–Kier alpha value is -1.84. The SMILES string of the molecule is CC(C)NC(C#N)COc1ccc([N+](=O)[O-])c(Cl)c1. The minimum absolute atomic E-state index is 0.00725. The summed E-state index contributed by atoms with van der Waals surface area (Å²) in [6, 6.07) is 5.87. The van der Waals surface area contributed by atoms with Gasteiger partial charge in [-0.25, -0.2) is 0 Å². The maximum absolute atomic E-state index is 10.6. The summed E-state index contributed by atoms with van der Waals surface area (Å²) in [5, 5.41) is 22.5. The van der Waals surface area contributed by atoms with Crippen molar-refractivity contribution in [1.29, 1.82) is 5.26 Å². The zero-order valence-corrected chi connectivity index (χ0v) is 11.3. The van der Waals surface area contributed by atoms with Crippen molar-refractivity contribution < 1.29 is 9.66 Å². The Morgan fingerprint density at radius 1 is 1.58 bits per heavy atom. The molecule has 0 saturated heterocycles. The lowest BCUT2D eigenvalue weighted by Gasteiger charge is -2.15. The Bertz CT molecular complexity index is 499. The molecule has 1 unspecified atom stereocenters. The van der Waals surface area contributed by atoms with Gasteiger partial charge < -0.3 is 4.74 Å².